The molecular formula is C25H28F2N6O. The third kappa shape index (κ3) is 4.70. The molecule has 2 aromatic carbocycles. The van der Waals surface area contributed by atoms with Crippen LogP contribution in [0.15, 0.2) is 42.5 Å². The van der Waals surface area contributed by atoms with Gasteiger partial charge in [-0.1, -0.05) is 6.07 Å². The summed E-state index contributed by atoms with van der Waals surface area (Å²) < 4.78 is 35.8. The lowest BCUT2D eigenvalue weighted by atomic mass is 10.1. The average Bonchev–Trinajstić information content (AvgIpc) is 3.14. The van der Waals surface area contributed by atoms with Crippen molar-refractivity contribution in [2.24, 2.45) is 0 Å². The molecule has 2 heterocycles. The van der Waals surface area contributed by atoms with Crippen LogP contribution < -0.4 is 15.0 Å². The van der Waals surface area contributed by atoms with Crippen molar-refractivity contribution >= 4 is 16.7 Å². The first-order valence-electron chi connectivity index (χ1n) is 11.1. The Morgan fingerprint density at radius 2 is 1.79 bits per heavy atom. The summed E-state index contributed by atoms with van der Waals surface area (Å²) in [4.78, 5) is 1.88. The Balaban J connectivity index is 1.72. The number of hydrogen-bond donors (Lipinski definition) is 1. The highest BCUT2D eigenvalue weighted by Gasteiger charge is 2.19. The molecule has 0 aliphatic carbocycles. The SMILES string of the molecule is CNCCC(Oc1cccc(-n2nc3c(N(C)C)nnc(C)c3c2C)c1)c1cc(F)cc(F)c1. The van der Waals surface area contributed by atoms with Crippen molar-refractivity contribution in [2.75, 3.05) is 32.6 Å². The van der Waals surface area contributed by atoms with Gasteiger partial charge in [-0.3, -0.25) is 0 Å². The molecule has 7 nitrogen and oxygen atoms in total. The molecule has 0 saturated carbocycles. The Morgan fingerprint density at radius 1 is 1.06 bits per heavy atom. The Kier molecular flexibility index (Phi) is 6.74. The van der Waals surface area contributed by atoms with Crippen LogP contribution in [0.4, 0.5) is 14.6 Å². The number of hydrogen-bond acceptors (Lipinski definition) is 6. The Hall–Kier alpha value is -3.59. The predicted molar refractivity (Wildman–Crippen MR) is 129 cm³/mol. The molecule has 0 saturated heterocycles. The smallest absolute Gasteiger partial charge is 0.179 e. The molecule has 34 heavy (non-hydrogen) atoms. The number of aromatic nitrogens is 4. The van der Waals surface area contributed by atoms with Crippen LogP contribution >= 0.6 is 0 Å². The molecule has 1 atom stereocenters. The van der Waals surface area contributed by atoms with Gasteiger partial charge in [0.05, 0.1) is 22.5 Å². The van der Waals surface area contributed by atoms with Crippen LogP contribution in [0.3, 0.4) is 0 Å². The fourth-order valence-electron chi connectivity index (χ4n) is 4.05. The number of benzene rings is 2. The van der Waals surface area contributed by atoms with E-state index in [0.29, 0.717) is 30.1 Å². The lowest BCUT2D eigenvalue weighted by Crippen LogP contribution is -2.16. The normalized spacial score (nSPS) is 12.2. The molecule has 1 N–H and O–H groups in total. The third-order valence-corrected chi connectivity index (χ3v) is 5.66. The van der Waals surface area contributed by atoms with Crippen LogP contribution in [-0.2, 0) is 0 Å². The minimum Gasteiger partial charge on any atom is -0.486 e. The molecule has 4 rings (SSSR count). The van der Waals surface area contributed by atoms with Gasteiger partial charge in [0.2, 0.25) is 0 Å². The molecule has 9 heteroatoms. The summed E-state index contributed by atoms with van der Waals surface area (Å²) in [5.74, 6) is 0.00282. The van der Waals surface area contributed by atoms with E-state index in [4.69, 9.17) is 9.84 Å². The number of halogens is 2. The summed E-state index contributed by atoms with van der Waals surface area (Å²) in [5, 5.41) is 17.4. The summed E-state index contributed by atoms with van der Waals surface area (Å²) in [6.45, 7) is 4.53. The van der Waals surface area contributed by atoms with Gasteiger partial charge in [0.1, 0.15) is 29.0 Å². The fourth-order valence-corrected chi connectivity index (χ4v) is 4.05. The highest BCUT2D eigenvalue weighted by Crippen LogP contribution is 2.31. The maximum Gasteiger partial charge on any atom is 0.179 e. The minimum absolute atomic E-state index is 0.447. The van der Waals surface area contributed by atoms with Crippen LogP contribution in [0.5, 0.6) is 5.75 Å². The standard InChI is InChI=1S/C25H28F2N6O/c1-15-23-16(2)33(31-24(23)25(30-29-15)32(4)5)20-7-6-8-21(14-20)34-22(9-10-28-3)17-11-18(26)13-19(27)12-17/h6-8,11-14,22,28H,9-10H2,1-5H3. The van der Waals surface area contributed by atoms with E-state index in [9.17, 15) is 8.78 Å². The third-order valence-electron chi connectivity index (χ3n) is 5.66. The van der Waals surface area contributed by atoms with Gasteiger partial charge in [-0.05, 0) is 57.3 Å². The number of rotatable bonds is 8. The van der Waals surface area contributed by atoms with Gasteiger partial charge < -0.3 is 15.0 Å². The van der Waals surface area contributed by atoms with Crippen LogP contribution in [0.2, 0.25) is 0 Å². The zero-order valence-corrected chi connectivity index (χ0v) is 19.9. The first-order valence-corrected chi connectivity index (χ1v) is 11.1. The molecule has 0 fully saturated rings. The maximum absolute atomic E-state index is 13.9. The van der Waals surface area contributed by atoms with E-state index in [2.05, 4.69) is 15.5 Å². The zero-order chi connectivity index (χ0) is 24.4. The number of aryl methyl sites for hydroxylation is 2. The van der Waals surface area contributed by atoms with Crippen molar-refractivity contribution in [3.05, 3.63) is 71.1 Å². The summed E-state index contributed by atoms with van der Waals surface area (Å²) >= 11 is 0. The molecule has 0 radical (unpaired) electrons. The average molecular weight is 467 g/mol. The molecule has 0 spiro atoms. The van der Waals surface area contributed by atoms with Crippen LogP contribution in [0.25, 0.3) is 16.6 Å². The number of ether oxygens (including phenoxy) is 1. The van der Waals surface area contributed by atoms with Crippen LogP contribution in [0.1, 0.15) is 29.5 Å². The molecular weight excluding hydrogens is 438 g/mol. The van der Waals surface area contributed by atoms with Crippen molar-refractivity contribution in [3.8, 4) is 11.4 Å². The van der Waals surface area contributed by atoms with E-state index in [1.807, 2.05) is 68.8 Å². The Labute approximate surface area is 197 Å². The highest BCUT2D eigenvalue weighted by atomic mass is 19.1. The lowest BCUT2D eigenvalue weighted by Gasteiger charge is -2.20. The second kappa shape index (κ2) is 9.72. The minimum atomic E-state index is -0.630. The van der Waals surface area contributed by atoms with Gasteiger partial charge in [0.15, 0.2) is 5.82 Å². The summed E-state index contributed by atoms with van der Waals surface area (Å²) in [6, 6.07) is 11.0. The largest absolute Gasteiger partial charge is 0.486 e. The molecule has 0 aliphatic rings. The number of anilines is 1. The van der Waals surface area contributed by atoms with E-state index in [-0.39, 0.29) is 0 Å². The van der Waals surface area contributed by atoms with Crippen molar-refractivity contribution in [1.29, 1.82) is 0 Å². The van der Waals surface area contributed by atoms with Gasteiger partial charge in [0.25, 0.3) is 0 Å². The van der Waals surface area contributed by atoms with Crippen molar-refractivity contribution in [2.45, 2.75) is 26.4 Å². The van der Waals surface area contributed by atoms with Gasteiger partial charge >= 0.3 is 0 Å². The molecule has 0 bridgehead atoms. The highest BCUT2D eigenvalue weighted by molar-refractivity contribution is 5.92. The van der Waals surface area contributed by atoms with E-state index in [1.165, 1.54) is 12.1 Å². The number of fused-ring (bicyclic) bond motifs is 1. The monoisotopic (exact) mass is 466 g/mol. The predicted octanol–water partition coefficient (Wildman–Crippen LogP) is 4.51. The Bertz CT molecular complexity index is 1300. The summed E-state index contributed by atoms with van der Waals surface area (Å²) in [6.07, 6.45) is 0.0125. The van der Waals surface area contributed by atoms with E-state index < -0.39 is 17.7 Å². The molecule has 0 aliphatic heterocycles. The molecule has 1 unspecified atom stereocenters. The van der Waals surface area contributed by atoms with Crippen LogP contribution in [0, 0.1) is 25.5 Å². The maximum atomic E-state index is 13.9. The van der Waals surface area contributed by atoms with Crippen molar-refractivity contribution in [3.63, 3.8) is 0 Å². The molecule has 2 aromatic heterocycles. The first-order chi connectivity index (χ1) is 16.3. The number of nitrogens with one attached hydrogen (secondary N) is 1. The van der Waals surface area contributed by atoms with E-state index in [0.717, 1.165) is 34.0 Å². The van der Waals surface area contributed by atoms with Crippen molar-refractivity contribution in [1.82, 2.24) is 25.3 Å². The topological polar surface area (TPSA) is 68.1 Å². The second-order valence-electron chi connectivity index (χ2n) is 8.42. The van der Waals surface area contributed by atoms with Gasteiger partial charge in [-0.15, -0.1) is 5.10 Å². The first kappa shape index (κ1) is 23.6. The lowest BCUT2D eigenvalue weighted by molar-refractivity contribution is 0.194. The van der Waals surface area contributed by atoms with E-state index >= 15 is 0 Å². The van der Waals surface area contributed by atoms with Crippen LogP contribution in [-0.4, -0.2) is 47.7 Å². The molecule has 0 amide bonds. The fraction of sp³-hybridized carbons (Fsp3) is 0.320. The second-order valence-corrected chi connectivity index (χ2v) is 8.42. The summed E-state index contributed by atoms with van der Waals surface area (Å²) in [5.41, 5.74) is 3.75. The van der Waals surface area contributed by atoms with Gasteiger partial charge in [-0.25, -0.2) is 13.5 Å². The van der Waals surface area contributed by atoms with Crippen molar-refractivity contribution < 1.29 is 13.5 Å². The Morgan fingerprint density at radius 3 is 2.47 bits per heavy atom. The van der Waals surface area contributed by atoms with Gasteiger partial charge in [0, 0.05) is 32.6 Å². The zero-order valence-electron chi connectivity index (χ0n) is 19.9. The quantitative estimate of drug-likeness (QED) is 0.412. The number of nitrogens with zero attached hydrogens (tertiary/aromatic N) is 5. The van der Waals surface area contributed by atoms with E-state index in [1.54, 1.807) is 0 Å². The molecule has 178 valence electrons. The van der Waals surface area contributed by atoms with Gasteiger partial charge in [-0.2, -0.15) is 10.2 Å². The molecule has 4 aromatic rings. The summed E-state index contributed by atoms with van der Waals surface area (Å²) in [7, 11) is 5.63.